The number of aryl methyl sites for hydroxylation is 1. The Hall–Kier alpha value is -4.27. The zero-order valence-corrected chi connectivity index (χ0v) is 19.3. The zero-order valence-electron chi connectivity index (χ0n) is 19.3. The van der Waals surface area contributed by atoms with Gasteiger partial charge < -0.3 is 30.3 Å². The van der Waals surface area contributed by atoms with E-state index in [1.54, 1.807) is 42.2 Å². The quantitative estimate of drug-likeness (QED) is 0.317. The van der Waals surface area contributed by atoms with Gasteiger partial charge in [0.1, 0.15) is 23.0 Å². The van der Waals surface area contributed by atoms with Gasteiger partial charge in [-0.3, -0.25) is 10.2 Å². The van der Waals surface area contributed by atoms with Crippen molar-refractivity contribution in [2.45, 2.75) is 19.4 Å². The Labute approximate surface area is 201 Å². The van der Waals surface area contributed by atoms with Gasteiger partial charge in [-0.15, -0.1) is 0 Å². The van der Waals surface area contributed by atoms with Crippen LogP contribution in [-0.4, -0.2) is 63.1 Å². The van der Waals surface area contributed by atoms with E-state index in [2.05, 4.69) is 32.3 Å². The van der Waals surface area contributed by atoms with Crippen molar-refractivity contribution in [1.29, 1.82) is 5.41 Å². The first-order valence-corrected chi connectivity index (χ1v) is 10.9. The lowest BCUT2D eigenvalue weighted by Crippen LogP contribution is -2.44. The number of carbonyl (C=O) groups is 1. The van der Waals surface area contributed by atoms with E-state index in [1.165, 1.54) is 13.1 Å². The summed E-state index contributed by atoms with van der Waals surface area (Å²) in [6.07, 6.45) is 1.50. The second-order valence-electron chi connectivity index (χ2n) is 8.11. The van der Waals surface area contributed by atoms with Crippen molar-refractivity contribution in [3.05, 3.63) is 59.1 Å². The highest BCUT2D eigenvalue weighted by Gasteiger charge is 2.25. The highest BCUT2D eigenvalue weighted by molar-refractivity contribution is 6.45. The summed E-state index contributed by atoms with van der Waals surface area (Å²) < 4.78 is 10.3. The molecule has 4 rings (SSSR count). The van der Waals surface area contributed by atoms with Crippen LogP contribution in [0.25, 0.3) is 0 Å². The predicted octanol–water partition coefficient (Wildman–Crippen LogP) is 1.58. The van der Waals surface area contributed by atoms with Crippen molar-refractivity contribution < 1.29 is 19.2 Å². The molecule has 180 valence electrons. The van der Waals surface area contributed by atoms with E-state index in [4.69, 9.17) is 20.4 Å². The lowest BCUT2D eigenvalue weighted by atomic mass is 10.0. The number of benzene rings is 1. The molecule has 0 saturated carbocycles. The second kappa shape index (κ2) is 9.92. The van der Waals surface area contributed by atoms with Gasteiger partial charge in [0.05, 0.1) is 18.9 Å². The Morgan fingerprint density at radius 1 is 1.29 bits per heavy atom. The van der Waals surface area contributed by atoms with Crippen LogP contribution in [0.5, 0.6) is 0 Å². The smallest absolute Gasteiger partial charge is 0.272 e. The van der Waals surface area contributed by atoms with Gasteiger partial charge in [0.25, 0.3) is 5.91 Å². The van der Waals surface area contributed by atoms with E-state index in [0.29, 0.717) is 60.4 Å². The van der Waals surface area contributed by atoms with E-state index < -0.39 is 11.5 Å². The van der Waals surface area contributed by atoms with Gasteiger partial charge in [0.2, 0.25) is 5.95 Å². The molecule has 1 fully saturated rings. The number of hydrogen-bond acceptors (Lipinski definition) is 10. The number of amides is 1. The third kappa shape index (κ3) is 5.63. The second-order valence-corrected chi connectivity index (χ2v) is 8.11. The fraction of sp³-hybridized carbons (Fsp3) is 0.292. The summed E-state index contributed by atoms with van der Waals surface area (Å²) in [7, 11) is 0. The molecule has 1 unspecified atom stereocenters. The first-order chi connectivity index (χ1) is 16.7. The molecule has 1 saturated heterocycles. The minimum Gasteiger partial charge on any atom is -0.378 e. The van der Waals surface area contributed by atoms with Crippen molar-refractivity contribution >= 4 is 29.1 Å². The lowest BCUT2D eigenvalue weighted by molar-refractivity contribution is -0.128. The van der Waals surface area contributed by atoms with Crippen LogP contribution in [0.2, 0.25) is 0 Å². The lowest BCUT2D eigenvalue weighted by Gasteiger charge is -2.27. The van der Waals surface area contributed by atoms with Crippen LogP contribution < -0.4 is 11.1 Å². The molecule has 0 radical (unpaired) electrons. The molecule has 0 spiro atoms. The number of nitrogens with two attached hydrogens (primary N) is 1. The van der Waals surface area contributed by atoms with Crippen molar-refractivity contribution in [1.82, 2.24) is 20.0 Å². The normalized spacial score (nSPS) is 15.0. The molecule has 1 aromatic carbocycles. The summed E-state index contributed by atoms with van der Waals surface area (Å²) in [6, 6.07) is 8.21. The fourth-order valence-electron chi connectivity index (χ4n) is 3.42. The molecule has 3 heterocycles. The average Bonchev–Trinajstić information content (AvgIpc) is 3.30. The number of nitrogens with one attached hydrogen (secondary N) is 2. The minimum absolute atomic E-state index is 0.0749. The molecule has 1 amide bonds. The number of carbonyl (C=O) groups excluding carboxylic acids is 1. The van der Waals surface area contributed by atoms with E-state index >= 15 is 0 Å². The highest BCUT2D eigenvalue weighted by atomic mass is 16.5. The number of rotatable bonds is 5. The Morgan fingerprint density at radius 2 is 2.06 bits per heavy atom. The van der Waals surface area contributed by atoms with E-state index in [1.807, 2.05) is 0 Å². The summed E-state index contributed by atoms with van der Waals surface area (Å²) in [4.78, 5) is 22.6. The van der Waals surface area contributed by atoms with Crippen molar-refractivity contribution in [3.8, 4) is 11.8 Å². The SMILES string of the molecule is Cc1cc(C(C)(O)C#Cc2ccc(C(=N)C(=O)N3CCOCC3)c(Nc3ccnc(N)n3)c2)no1. The molecule has 3 aromatic rings. The van der Waals surface area contributed by atoms with Gasteiger partial charge >= 0.3 is 0 Å². The maximum atomic E-state index is 13.0. The molecule has 0 bridgehead atoms. The Bertz CT molecular complexity index is 1320. The molecular weight excluding hydrogens is 450 g/mol. The van der Waals surface area contributed by atoms with Crippen LogP contribution in [-0.2, 0) is 15.1 Å². The monoisotopic (exact) mass is 475 g/mol. The maximum Gasteiger partial charge on any atom is 0.272 e. The van der Waals surface area contributed by atoms with Gasteiger partial charge in [-0.05, 0) is 38.1 Å². The first-order valence-electron chi connectivity index (χ1n) is 10.9. The largest absolute Gasteiger partial charge is 0.378 e. The fourth-order valence-corrected chi connectivity index (χ4v) is 3.42. The summed E-state index contributed by atoms with van der Waals surface area (Å²) >= 11 is 0. The molecule has 1 aliphatic rings. The molecule has 35 heavy (non-hydrogen) atoms. The topological polar surface area (TPSA) is 163 Å². The van der Waals surface area contributed by atoms with E-state index in [9.17, 15) is 9.90 Å². The number of ether oxygens (including phenoxy) is 1. The van der Waals surface area contributed by atoms with Crippen molar-refractivity contribution in [2.75, 3.05) is 37.4 Å². The Morgan fingerprint density at radius 3 is 2.74 bits per heavy atom. The maximum absolute atomic E-state index is 13.0. The van der Waals surface area contributed by atoms with Crippen LogP contribution in [0.1, 0.15) is 29.5 Å². The minimum atomic E-state index is -1.54. The standard InChI is InChI=1S/C24H25N7O4/c1-15-13-19(30-35-15)24(2,33)7-5-16-3-4-17(21(25)22(32)31-9-11-34-12-10-31)18(14-16)28-20-6-8-27-23(26)29-20/h3-4,6,8,13-14,25,33H,9-12H2,1-2H3,(H3,26,27,28,29). The average molecular weight is 476 g/mol. The van der Waals surface area contributed by atoms with E-state index in [-0.39, 0.29) is 11.7 Å². The van der Waals surface area contributed by atoms with Gasteiger partial charge in [-0.25, -0.2) is 4.98 Å². The number of aromatic nitrogens is 3. The molecular formula is C24H25N7O4. The number of nitrogen functional groups attached to an aromatic ring is 1. The third-order valence-electron chi connectivity index (χ3n) is 5.31. The summed E-state index contributed by atoms with van der Waals surface area (Å²) in [6.45, 7) is 4.96. The molecule has 11 nitrogen and oxygen atoms in total. The third-order valence-corrected chi connectivity index (χ3v) is 5.31. The first kappa shape index (κ1) is 23.9. The van der Waals surface area contributed by atoms with Crippen LogP contribution in [0.4, 0.5) is 17.5 Å². The molecule has 5 N–H and O–H groups in total. The number of aliphatic hydroxyl groups is 1. The van der Waals surface area contributed by atoms with Gasteiger partial charge in [-0.2, -0.15) is 4.98 Å². The predicted molar refractivity (Wildman–Crippen MR) is 128 cm³/mol. The van der Waals surface area contributed by atoms with Crippen molar-refractivity contribution in [2.24, 2.45) is 0 Å². The van der Waals surface area contributed by atoms with Gasteiger partial charge in [0, 0.05) is 36.5 Å². The zero-order chi connectivity index (χ0) is 25.0. The van der Waals surface area contributed by atoms with Crippen molar-refractivity contribution in [3.63, 3.8) is 0 Å². The summed E-state index contributed by atoms with van der Waals surface area (Å²) in [5.74, 6) is 6.35. The molecule has 1 atom stereocenters. The summed E-state index contributed by atoms with van der Waals surface area (Å²) in [5, 5.41) is 26.2. The molecule has 1 aliphatic heterocycles. The summed E-state index contributed by atoms with van der Waals surface area (Å²) in [5.41, 5.74) is 5.60. The Kier molecular flexibility index (Phi) is 6.77. The van der Waals surface area contributed by atoms with Gasteiger partial charge in [-0.1, -0.05) is 17.0 Å². The van der Waals surface area contributed by atoms with Crippen LogP contribution in [0.3, 0.4) is 0 Å². The van der Waals surface area contributed by atoms with E-state index in [0.717, 1.165) is 0 Å². The molecule has 0 aliphatic carbocycles. The van der Waals surface area contributed by atoms with Crippen LogP contribution in [0.15, 0.2) is 41.1 Å². The van der Waals surface area contributed by atoms with Crippen LogP contribution in [0, 0.1) is 24.2 Å². The number of morpholine rings is 1. The molecule has 2 aromatic heterocycles. The molecule has 11 heteroatoms. The number of anilines is 3. The number of nitrogens with zero attached hydrogens (tertiary/aromatic N) is 4. The van der Waals surface area contributed by atoms with Crippen LogP contribution >= 0.6 is 0 Å². The highest BCUT2D eigenvalue weighted by Crippen LogP contribution is 2.24. The Balaban J connectivity index is 1.67. The number of hydrogen-bond donors (Lipinski definition) is 4. The van der Waals surface area contributed by atoms with Gasteiger partial charge in [0.15, 0.2) is 5.60 Å².